The first-order valence-electron chi connectivity index (χ1n) is 6.10. The van der Waals surface area contributed by atoms with E-state index in [2.05, 4.69) is 26.6 Å². The highest BCUT2D eigenvalue weighted by atomic mass is 79.9. The van der Waals surface area contributed by atoms with Gasteiger partial charge in [0.1, 0.15) is 5.82 Å². The molecular weight excluding hydrogens is 323 g/mol. The standard InChI is InChI=1S/C15H14BrFN2O/c1-10-2-5-12(6-3-10)19-15(20)9-18-14-8-11(16)4-7-13(14)17/h2-8,18H,9H2,1H3,(H,19,20). The zero-order chi connectivity index (χ0) is 14.5. The molecule has 0 aliphatic heterocycles. The molecule has 0 saturated carbocycles. The molecule has 2 N–H and O–H groups in total. The van der Waals surface area contributed by atoms with Crippen LogP contribution in [0.4, 0.5) is 15.8 Å². The lowest BCUT2D eigenvalue weighted by atomic mass is 10.2. The number of nitrogens with one attached hydrogen (secondary N) is 2. The Morgan fingerprint density at radius 1 is 1.20 bits per heavy atom. The van der Waals surface area contributed by atoms with E-state index in [-0.39, 0.29) is 12.5 Å². The first-order valence-corrected chi connectivity index (χ1v) is 6.89. The summed E-state index contributed by atoms with van der Waals surface area (Å²) in [6.07, 6.45) is 0. The molecule has 2 aromatic rings. The second kappa shape index (κ2) is 6.52. The normalized spacial score (nSPS) is 10.2. The van der Waals surface area contributed by atoms with Gasteiger partial charge in [-0.1, -0.05) is 33.6 Å². The summed E-state index contributed by atoms with van der Waals surface area (Å²) in [5.74, 6) is -0.621. The second-order valence-electron chi connectivity index (χ2n) is 4.39. The number of benzene rings is 2. The molecule has 0 fully saturated rings. The molecule has 104 valence electrons. The Morgan fingerprint density at radius 2 is 1.90 bits per heavy atom. The summed E-state index contributed by atoms with van der Waals surface area (Å²) in [4.78, 5) is 11.8. The maximum absolute atomic E-state index is 13.5. The van der Waals surface area contributed by atoms with Gasteiger partial charge in [-0.05, 0) is 37.3 Å². The first kappa shape index (κ1) is 14.5. The van der Waals surface area contributed by atoms with E-state index in [0.29, 0.717) is 5.69 Å². The van der Waals surface area contributed by atoms with Gasteiger partial charge in [-0.25, -0.2) is 4.39 Å². The van der Waals surface area contributed by atoms with E-state index in [9.17, 15) is 9.18 Å². The van der Waals surface area contributed by atoms with Crippen LogP contribution in [-0.4, -0.2) is 12.5 Å². The largest absolute Gasteiger partial charge is 0.374 e. The van der Waals surface area contributed by atoms with Crippen molar-refractivity contribution in [1.82, 2.24) is 0 Å². The molecule has 0 unspecified atom stereocenters. The molecule has 0 saturated heterocycles. The van der Waals surface area contributed by atoms with Crippen molar-refractivity contribution < 1.29 is 9.18 Å². The lowest BCUT2D eigenvalue weighted by Crippen LogP contribution is -2.22. The molecule has 0 aliphatic rings. The van der Waals surface area contributed by atoms with E-state index >= 15 is 0 Å². The third-order valence-electron chi connectivity index (χ3n) is 2.70. The smallest absolute Gasteiger partial charge is 0.243 e. The average molecular weight is 337 g/mol. The van der Waals surface area contributed by atoms with Gasteiger partial charge in [0.2, 0.25) is 5.91 Å². The predicted octanol–water partition coefficient (Wildman–Crippen LogP) is 3.95. The summed E-state index contributed by atoms with van der Waals surface area (Å²) in [6.45, 7) is 1.98. The van der Waals surface area contributed by atoms with Crippen molar-refractivity contribution in [2.75, 3.05) is 17.2 Å². The van der Waals surface area contributed by atoms with E-state index < -0.39 is 5.82 Å². The van der Waals surface area contributed by atoms with Crippen molar-refractivity contribution in [1.29, 1.82) is 0 Å². The van der Waals surface area contributed by atoms with Crippen molar-refractivity contribution >= 4 is 33.2 Å². The summed E-state index contributed by atoms with van der Waals surface area (Å²) in [7, 11) is 0. The molecule has 0 aliphatic carbocycles. The Bertz CT molecular complexity index is 614. The van der Waals surface area contributed by atoms with Gasteiger partial charge >= 0.3 is 0 Å². The van der Waals surface area contributed by atoms with Gasteiger partial charge in [-0.2, -0.15) is 0 Å². The van der Waals surface area contributed by atoms with Crippen LogP contribution in [0.2, 0.25) is 0 Å². The van der Waals surface area contributed by atoms with Gasteiger partial charge in [0.05, 0.1) is 12.2 Å². The Balaban J connectivity index is 1.92. The molecule has 5 heteroatoms. The van der Waals surface area contributed by atoms with Crippen LogP contribution < -0.4 is 10.6 Å². The third-order valence-corrected chi connectivity index (χ3v) is 3.20. The van der Waals surface area contributed by atoms with Crippen LogP contribution in [0.1, 0.15) is 5.56 Å². The molecule has 2 rings (SSSR count). The minimum atomic E-state index is -0.392. The van der Waals surface area contributed by atoms with Gasteiger partial charge in [-0.15, -0.1) is 0 Å². The number of aryl methyl sites for hydroxylation is 1. The summed E-state index contributed by atoms with van der Waals surface area (Å²) >= 11 is 3.26. The molecule has 0 spiro atoms. The second-order valence-corrected chi connectivity index (χ2v) is 5.31. The third kappa shape index (κ3) is 4.06. The maximum atomic E-state index is 13.5. The Hall–Kier alpha value is -1.88. The summed E-state index contributed by atoms with van der Waals surface area (Å²) in [5.41, 5.74) is 2.13. The van der Waals surface area contributed by atoms with E-state index in [0.717, 1.165) is 15.7 Å². The molecule has 1 amide bonds. The highest BCUT2D eigenvalue weighted by Gasteiger charge is 2.06. The van der Waals surface area contributed by atoms with Crippen molar-refractivity contribution in [3.05, 3.63) is 58.3 Å². The molecule has 0 heterocycles. The van der Waals surface area contributed by atoms with E-state index in [4.69, 9.17) is 0 Å². The molecule has 0 bridgehead atoms. The molecule has 20 heavy (non-hydrogen) atoms. The molecule has 3 nitrogen and oxygen atoms in total. The quantitative estimate of drug-likeness (QED) is 0.887. The maximum Gasteiger partial charge on any atom is 0.243 e. The monoisotopic (exact) mass is 336 g/mol. The van der Waals surface area contributed by atoms with Crippen LogP contribution in [0, 0.1) is 12.7 Å². The predicted molar refractivity (Wildman–Crippen MR) is 82.4 cm³/mol. The lowest BCUT2D eigenvalue weighted by Gasteiger charge is -2.09. The number of halogens is 2. The Kier molecular flexibility index (Phi) is 4.74. The van der Waals surface area contributed by atoms with Gasteiger partial charge in [0, 0.05) is 10.2 Å². The number of hydrogen-bond acceptors (Lipinski definition) is 2. The Labute approximate surface area is 125 Å². The number of amides is 1. The summed E-state index contributed by atoms with van der Waals surface area (Å²) in [6, 6.07) is 12.0. The fourth-order valence-corrected chi connectivity index (χ4v) is 2.01. The van der Waals surface area contributed by atoms with Gasteiger partial charge in [0.25, 0.3) is 0 Å². The van der Waals surface area contributed by atoms with E-state index in [1.54, 1.807) is 12.1 Å². The summed E-state index contributed by atoms with van der Waals surface area (Å²) < 4.78 is 14.2. The van der Waals surface area contributed by atoms with Crippen molar-refractivity contribution in [2.24, 2.45) is 0 Å². The number of carbonyl (C=O) groups excluding carboxylic acids is 1. The first-order chi connectivity index (χ1) is 9.54. The highest BCUT2D eigenvalue weighted by molar-refractivity contribution is 9.10. The van der Waals surface area contributed by atoms with Crippen molar-refractivity contribution in [3.8, 4) is 0 Å². The van der Waals surface area contributed by atoms with Gasteiger partial charge in [0.15, 0.2) is 0 Å². The van der Waals surface area contributed by atoms with Crippen LogP contribution in [0.15, 0.2) is 46.9 Å². The molecule has 0 aromatic heterocycles. The number of rotatable bonds is 4. The summed E-state index contributed by atoms with van der Waals surface area (Å²) in [5, 5.41) is 5.51. The van der Waals surface area contributed by atoms with Gasteiger partial charge in [-0.3, -0.25) is 4.79 Å². The van der Waals surface area contributed by atoms with Crippen LogP contribution in [0.25, 0.3) is 0 Å². The lowest BCUT2D eigenvalue weighted by molar-refractivity contribution is -0.114. The fourth-order valence-electron chi connectivity index (χ4n) is 1.65. The Morgan fingerprint density at radius 3 is 2.60 bits per heavy atom. The van der Waals surface area contributed by atoms with Crippen LogP contribution in [0.5, 0.6) is 0 Å². The minimum Gasteiger partial charge on any atom is -0.374 e. The fraction of sp³-hybridized carbons (Fsp3) is 0.133. The van der Waals surface area contributed by atoms with Crippen LogP contribution in [-0.2, 0) is 4.79 Å². The zero-order valence-electron chi connectivity index (χ0n) is 10.9. The number of hydrogen-bond donors (Lipinski definition) is 2. The van der Waals surface area contributed by atoms with Crippen LogP contribution in [0.3, 0.4) is 0 Å². The molecule has 0 radical (unpaired) electrons. The highest BCUT2D eigenvalue weighted by Crippen LogP contribution is 2.19. The zero-order valence-corrected chi connectivity index (χ0v) is 12.5. The van der Waals surface area contributed by atoms with E-state index in [1.807, 2.05) is 31.2 Å². The number of carbonyl (C=O) groups is 1. The topological polar surface area (TPSA) is 41.1 Å². The van der Waals surface area contributed by atoms with Crippen LogP contribution >= 0.6 is 15.9 Å². The van der Waals surface area contributed by atoms with Crippen molar-refractivity contribution in [3.63, 3.8) is 0 Å². The SMILES string of the molecule is Cc1ccc(NC(=O)CNc2cc(Br)ccc2F)cc1. The van der Waals surface area contributed by atoms with Gasteiger partial charge < -0.3 is 10.6 Å². The van der Waals surface area contributed by atoms with E-state index in [1.165, 1.54) is 6.07 Å². The average Bonchev–Trinajstić information content (AvgIpc) is 2.42. The number of anilines is 2. The molecule has 2 aromatic carbocycles. The minimum absolute atomic E-state index is 0.00124. The molecular formula is C15H14BrFN2O. The molecule has 0 atom stereocenters. The van der Waals surface area contributed by atoms with Crippen molar-refractivity contribution in [2.45, 2.75) is 6.92 Å².